The average Bonchev–Trinajstić information content (AvgIpc) is 1.97. The van der Waals surface area contributed by atoms with Gasteiger partial charge in [0.05, 0.1) is 34.4 Å². The minimum Gasteiger partial charge on any atom is -0.477 e. The zero-order valence-electron chi connectivity index (χ0n) is 69.4. The number of likely N-dealkylation sites (N-methyl/N-ethyl adjacent to an activating group) is 1. The number of quaternary nitrogens is 1. The number of carbonyl (C=O) groups excluding carboxylic acids is 2. The third-order valence-electron chi connectivity index (χ3n) is 19.4. The summed E-state index contributed by atoms with van der Waals surface area (Å²) in [6.45, 7) is 4.70. The summed E-state index contributed by atoms with van der Waals surface area (Å²) in [5.41, 5.74) is 0. The van der Waals surface area contributed by atoms with Crippen LogP contribution in [0.15, 0.2) is 134 Å². The van der Waals surface area contributed by atoms with Gasteiger partial charge in [-0.15, -0.1) is 0 Å². The average molecular weight is 1460 g/mol. The number of carboxylic acids is 1. The zero-order chi connectivity index (χ0) is 76.0. The Labute approximate surface area is 650 Å². The van der Waals surface area contributed by atoms with Gasteiger partial charge in [0.1, 0.15) is 13.2 Å². The molecule has 604 valence electrons. The number of carboxylic acid groups (broad SMARTS) is 1. The first-order valence-corrected chi connectivity index (χ1v) is 44.3. The van der Waals surface area contributed by atoms with Crippen molar-refractivity contribution in [3.8, 4) is 0 Å². The molecule has 0 bridgehead atoms. The number of aliphatic carboxylic acids is 1. The van der Waals surface area contributed by atoms with Crippen molar-refractivity contribution in [3.05, 3.63) is 134 Å². The maximum atomic E-state index is 13.0. The molecule has 9 heteroatoms. The molecule has 0 saturated carbocycles. The highest BCUT2D eigenvalue weighted by atomic mass is 16.7. The number of nitrogens with zero attached hydrogens (tertiary/aromatic N) is 1. The van der Waals surface area contributed by atoms with Gasteiger partial charge in [-0.1, -0.05) is 411 Å². The van der Waals surface area contributed by atoms with E-state index in [1.54, 1.807) is 0 Å². The maximum Gasteiger partial charge on any atom is 0.361 e. The molecule has 0 fully saturated rings. The monoisotopic (exact) mass is 1460 g/mol. The van der Waals surface area contributed by atoms with Crippen molar-refractivity contribution in [2.24, 2.45) is 0 Å². The lowest BCUT2D eigenvalue weighted by Crippen LogP contribution is -2.40. The summed E-state index contributed by atoms with van der Waals surface area (Å²) in [4.78, 5) is 37.8. The molecule has 0 saturated heterocycles. The second-order valence-electron chi connectivity index (χ2n) is 30.8. The molecule has 0 spiro atoms. The van der Waals surface area contributed by atoms with E-state index in [1.807, 2.05) is 21.1 Å². The van der Waals surface area contributed by atoms with Gasteiger partial charge in [0, 0.05) is 12.8 Å². The predicted octanol–water partition coefficient (Wildman–Crippen LogP) is 29.2. The molecule has 0 rings (SSSR count). The molecular weight excluding hydrogens is 1300 g/mol. The molecule has 0 aliphatic carbocycles. The molecule has 0 amide bonds. The molecule has 0 aromatic rings. The number of unbranched alkanes of at least 4 members (excludes halogenated alkanes) is 45. The molecule has 105 heavy (non-hydrogen) atoms. The standard InChI is InChI=1S/C96H167NO8/c1-6-8-10-12-14-16-18-20-22-24-26-28-30-32-34-36-38-40-42-44-46-47-49-50-52-54-56-58-60-62-64-66-68-70-72-74-76-78-80-82-84-86-93(98)103-90-92(91-104-96(95(100)101)102-89-88-97(3,4)5)105-94(99)87-85-83-81-79-77-75-73-71-69-67-65-63-61-59-57-55-53-51-48-45-43-41-39-37-35-33-31-29-27-25-23-21-19-17-15-13-11-9-7-2/h8-11,14-17,20-23,26-29,32-35,39,41,92,96H,6-7,12-13,18-19,24-25,30-31,36-38,40,42-91H2,1-5H3/p+1/b10-8-,11-9-,16-14-,17-15-,22-20-,23-21-,28-26-,29-27-,34-32-,35-33-,41-39-. The molecule has 0 aromatic carbocycles. The highest BCUT2D eigenvalue weighted by molar-refractivity contribution is 5.71. The summed E-state index contributed by atoms with van der Waals surface area (Å²) in [6.07, 6.45) is 121. The molecule has 0 radical (unpaired) electrons. The van der Waals surface area contributed by atoms with Crippen LogP contribution >= 0.6 is 0 Å². The van der Waals surface area contributed by atoms with Crippen LogP contribution < -0.4 is 0 Å². The van der Waals surface area contributed by atoms with Crippen LogP contribution in [0.4, 0.5) is 0 Å². The van der Waals surface area contributed by atoms with Gasteiger partial charge >= 0.3 is 17.9 Å². The van der Waals surface area contributed by atoms with Crippen LogP contribution in [0, 0.1) is 0 Å². The van der Waals surface area contributed by atoms with Gasteiger partial charge in [0.25, 0.3) is 6.29 Å². The third-order valence-corrected chi connectivity index (χ3v) is 19.4. The van der Waals surface area contributed by atoms with Gasteiger partial charge in [-0.25, -0.2) is 4.79 Å². The second kappa shape index (κ2) is 85.0. The van der Waals surface area contributed by atoms with Crippen LogP contribution in [0.25, 0.3) is 0 Å². The Morgan fingerprint density at radius 3 is 0.762 bits per heavy atom. The van der Waals surface area contributed by atoms with E-state index in [0.717, 1.165) is 109 Å². The summed E-state index contributed by atoms with van der Waals surface area (Å²) in [7, 11) is 6.00. The minimum absolute atomic E-state index is 0.180. The van der Waals surface area contributed by atoms with Crippen molar-refractivity contribution in [3.63, 3.8) is 0 Å². The Hall–Kier alpha value is -4.57. The highest BCUT2D eigenvalue weighted by Crippen LogP contribution is 2.20. The number of rotatable bonds is 82. The summed E-state index contributed by atoms with van der Waals surface area (Å²) < 4.78 is 23.1. The van der Waals surface area contributed by atoms with Crippen molar-refractivity contribution in [2.45, 2.75) is 411 Å². The zero-order valence-corrected chi connectivity index (χ0v) is 69.4. The first-order valence-electron chi connectivity index (χ1n) is 44.3. The number of hydrogen-bond acceptors (Lipinski definition) is 7. The predicted molar refractivity (Wildman–Crippen MR) is 456 cm³/mol. The molecule has 2 atom stereocenters. The summed E-state index contributed by atoms with van der Waals surface area (Å²) in [5, 5.41) is 9.80. The van der Waals surface area contributed by atoms with E-state index in [-0.39, 0.29) is 38.2 Å². The Balaban J connectivity index is 3.93. The third kappa shape index (κ3) is 86.5. The molecule has 0 aliphatic rings. The highest BCUT2D eigenvalue weighted by Gasteiger charge is 2.25. The molecular formula is C96H168NO8+. The van der Waals surface area contributed by atoms with Crippen molar-refractivity contribution < 1.29 is 42.9 Å². The second-order valence-corrected chi connectivity index (χ2v) is 30.8. The SMILES string of the molecule is CC/C=C\C/C=C\C/C=C\C/C=C\C/C=C\C/C=C\CCCCCCCCCCCCCCCCCCCCCCC(=O)OC(COC(=O)CCCCCCCCCCCCCCCCCCCCCCCCCCC/C=C\C/C=C\C/C=C\C/C=C\C/C=C\CC)COC(OCC[N+](C)(C)C)C(=O)O. The normalized spacial score (nSPS) is 13.3. The van der Waals surface area contributed by atoms with E-state index in [4.69, 9.17) is 18.9 Å². The molecule has 0 aromatic heterocycles. The summed E-state index contributed by atoms with van der Waals surface area (Å²) in [6, 6.07) is 0. The number of esters is 2. The van der Waals surface area contributed by atoms with Crippen LogP contribution in [0.2, 0.25) is 0 Å². The van der Waals surface area contributed by atoms with Gasteiger partial charge in [-0.2, -0.15) is 0 Å². The van der Waals surface area contributed by atoms with E-state index in [9.17, 15) is 19.5 Å². The van der Waals surface area contributed by atoms with Crippen LogP contribution in [0.1, 0.15) is 399 Å². The Kier molecular flexibility index (Phi) is 81.3. The van der Waals surface area contributed by atoms with Crippen LogP contribution in [0.5, 0.6) is 0 Å². The minimum atomic E-state index is -1.51. The Bertz CT molecular complexity index is 2200. The van der Waals surface area contributed by atoms with Gasteiger partial charge in [-0.3, -0.25) is 9.59 Å². The number of hydrogen-bond donors (Lipinski definition) is 1. The van der Waals surface area contributed by atoms with Gasteiger partial charge in [-0.05, 0) is 109 Å². The lowest BCUT2D eigenvalue weighted by Gasteiger charge is -2.25. The largest absolute Gasteiger partial charge is 0.477 e. The molecule has 1 N–H and O–H groups in total. The van der Waals surface area contributed by atoms with Crippen molar-refractivity contribution in [1.82, 2.24) is 0 Å². The van der Waals surface area contributed by atoms with Crippen molar-refractivity contribution >= 4 is 17.9 Å². The first kappa shape index (κ1) is 100. The number of allylic oxidation sites excluding steroid dienone is 22. The van der Waals surface area contributed by atoms with E-state index in [0.29, 0.717) is 17.4 Å². The van der Waals surface area contributed by atoms with Crippen LogP contribution in [0.3, 0.4) is 0 Å². The van der Waals surface area contributed by atoms with E-state index >= 15 is 0 Å². The Morgan fingerprint density at radius 2 is 0.514 bits per heavy atom. The van der Waals surface area contributed by atoms with Gasteiger partial charge < -0.3 is 28.5 Å². The van der Waals surface area contributed by atoms with E-state index in [2.05, 4.69) is 148 Å². The van der Waals surface area contributed by atoms with Gasteiger partial charge in [0.2, 0.25) is 0 Å². The molecule has 0 heterocycles. The lowest BCUT2D eigenvalue weighted by atomic mass is 10.0. The number of ether oxygens (including phenoxy) is 4. The van der Waals surface area contributed by atoms with Crippen molar-refractivity contribution in [1.29, 1.82) is 0 Å². The van der Waals surface area contributed by atoms with E-state index in [1.165, 1.54) is 263 Å². The van der Waals surface area contributed by atoms with Crippen LogP contribution in [-0.4, -0.2) is 87.4 Å². The quantitative estimate of drug-likeness (QED) is 0.0211. The molecule has 0 aliphatic heterocycles. The first-order chi connectivity index (χ1) is 51.6. The van der Waals surface area contributed by atoms with E-state index < -0.39 is 18.4 Å². The Morgan fingerprint density at radius 1 is 0.286 bits per heavy atom. The van der Waals surface area contributed by atoms with Crippen LogP contribution in [-0.2, 0) is 33.3 Å². The smallest absolute Gasteiger partial charge is 0.361 e. The lowest BCUT2D eigenvalue weighted by molar-refractivity contribution is -0.870. The fourth-order valence-corrected chi connectivity index (χ4v) is 12.8. The number of carbonyl (C=O) groups is 3. The maximum absolute atomic E-state index is 13.0. The topological polar surface area (TPSA) is 108 Å². The summed E-state index contributed by atoms with van der Waals surface area (Å²) >= 11 is 0. The van der Waals surface area contributed by atoms with Gasteiger partial charge in [0.15, 0.2) is 6.10 Å². The molecule has 9 nitrogen and oxygen atoms in total. The fourth-order valence-electron chi connectivity index (χ4n) is 12.8. The summed E-state index contributed by atoms with van der Waals surface area (Å²) in [5.74, 6) is -1.98. The van der Waals surface area contributed by atoms with Crippen molar-refractivity contribution in [2.75, 3.05) is 47.5 Å². The fraction of sp³-hybridized carbons (Fsp3) is 0.740. The molecule has 2 unspecified atom stereocenters.